The molecule has 0 bridgehead atoms. The first-order chi connectivity index (χ1) is 11.2. The van der Waals surface area contributed by atoms with E-state index in [1.165, 1.54) is 76.7 Å². The molecule has 0 saturated heterocycles. The first-order valence-electron chi connectivity index (χ1n) is 9.46. The van der Waals surface area contributed by atoms with Crippen LogP contribution in [0.3, 0.4) is 0 Å². The second-order valence-corrected chi connectivity index (χ2v) is 6.27. The van der Waals surface area contributed by atoms with Crippen molar-refractivity contribution in [2.24, 2.45) is 0 Å². The van der Waals surface area contributed by atoms with E-state index in [9.17, 15) is 4.79 Å². The third kappa shape index (κ3) is 16.9. The van der Waals surface area contributed by atoms with Gasteiger partial charge in [-0.2, -0.15) is 0 Å². The molecule has 0 aromatic carbocycles. The highest BCUT2D eigenvalue weighted by molar-refractivity contribution is 5.83. The van der Waals surface area contributed by atoms with Gasteiger partial charge < -0.3 is 10.2 Å². The van der Waals surface area contributed by atoms with E-state index in [0.29, 0.717) is 6.42 Å². The Morgan fingerprint density at radius 2 is 1.13 bits per heavy atom. The molecule has 0 aliphatic heterocycles. The summed E-state index contributed by atoms with van der Waals surface area (Å²) in [6.07, 6.45) is 23.0. The van der Waals surface area contributed by atoms with E-state index in [4.69, 9.17) is 10.2 Å². The minimum atomic E-state index is -1.24. The molecule has 0 atom stereocenters. The molecule has 0 aromatic heterocycles. The van der Waals surface area contributed by atoms with Gasteiger partial charge in [-0.1, -0.05) is 70.4 Å². The highest BCUT2D eigenvalue weighted by atomic mass is 16.4. The summed E-state index contributed by atoms with van der Waals surface area (Å²) in [6, 6.07) is 0. The van der Waals surface area contributed by atoms with Gasteiger partial charge in [0.15, 0.2) is 5.76 Å². The molecule has 0 saturated carbocycles. The average Bonchev–Trinajstić information content (AvgIpc) is 2.54. The average molecular weight is 325 g/mol. The maximum atomic E-state index is 10.4. The van der Waals surface area contributed by atoms with E-state index >= 15 is 0 Å². The van der Waals surface area contributed by atoms with E-state index in [1.807, 2.05) is 0 Å². The van der Waals surface area contributed by atoms with Crippen molar-refractivity contribution in [3.05, 3.63) is 24.0 Å². The van der Waals surface area contributed by atoms with Gasteiger partial charge in [-0.25, -0.2) is 4.79 Å². The molecule has 0 rings (SSSR count). The van der Waals surface area contributed by atoms with Crippen molar-refractivity contribution < 1.29 is 15.0 Å². The van der Waals surface area contributed by atoms with Crippen LogP contribution >= 0.6 is 0 Å². The number of rotatable bonds is 16. The van der Waals surface area contributed by atoms with Crippen molar-refractivity contribution in [2.45, 2.75) is 96.8 Å². The molecule has 3 nitrogen and oxygen atoms in total. The quantitative estimate of drug-likeness (QED) is 0.146. The molecule has 0 aliphatic carbocycles. The van der Waals surface area contributed by atoms with Crippen LogP contribution in [0.4, 0.5) is 0 Å². The predicted molar refractivity (Wildman–Crippen MR) is 97.8 cm³/mol. The number of hydrogen-bond acceptors (Lipinski definition) is 2. The maximum Gasteiger partial charge on any atom is 0.370 e. The van der Waals surface area contributed by atoms with E-state index in [-0.39, 0.29) is 0 Å². The predicted octanol–water partition coefficient (Wildman–Crippen LogP) is 6.55. The molecule has 23 heavy (non-hydrogen) atoms. The lowest BCUT2D eigenvalue weighted by Crippen LogP contribution is -1.98. The van der Waals surface area contributed by atoms with Gasteiger partial charge in [0.1, 0.15) is 0 Å². The number of carboxylic acid groups (broad SMARTS) is 1. The molecule has 0 heterocycles. The van der Waals surface area contributed by atoms with Gasteiger partial charge in [-0.3, -0.25) is 0 Å². The zero-order valence-electron chi connectivity index (χ0n) is 14.9. The van der Waals surface area contributed by atoms with Gasteiger partial charge in [-0.15, -0.1) is 0 Å². The van der Waals surface area contributed by atoms with E-state index in [0.717, 1.165) is 12.8 Å². The zero-order chi connectivity index (χ0) is 17.2. The maximum absolute atomic E-state index is 10.4. The summed E-state index contributed by atoms with van der Waals surface area (Å²) in [5.41, 5.74) is 0. The minimum absolute atomic E-state index is 0.524. The number of allylic oxidation sites excluding steroid dienone is 3. The Balaban J connectivity index is 3.19. The van der Waals surface area contributed by atoms with Crippen LogP contribution in [0.5, 0.6) is 0 Å². The van der Waals surface area contributed by atoms with Gasteiger partial charge >= 0.3 is 5.97 Å². The molecule has 134 valence electrons. The molecule has 2 N–H and O–H groups in total. The topological polar surface area (TPSA) is 57.5 Å². The summed E-state index contributed by atoms with van der Waals surface area (Å²) >= 11 is 0. The van der Waals surface area contributed by atoms with Gasteiger partial charge in [-0.05, 0) is 44.6 Å². The van der Waals surface area contributed by atoms with Crippen LogP contribution in [0.25, 0.3) is 0 Å². The molecular weight excluding hydrogens is 288 g/mol. The first kappa shape index (κ1) is 21.8. The summed E-state index contributed by atoms with van der Waals surface area (Å²) < 4.78 is 0. The molecular formula is C20H36O3. The van der Waals surface area contributed by atoms with E-state index in [2.05, 4.69) is 19.1 Å². The number of unbranched alkanes of at least 4 members (excludes halogenated alkanes) is 12. The van der Waals surface area contributed by atoms with Crippen molar-refractivity contribution in [2.75, 3.05) is 0 Å². The smallest absolute Gasteiger partial charge is 0.370 e. The molecule has 3 heteroatoms. The minimum Gasteiger partial charge on any atom is -0.502 e. The largest absolute Gasteiger partial charge is 0.502 e. The summed E-state index contributed by atoms with van der Waals surface area (Å²) in [4.78, 5) is 10.4. The Kier molecular flexibility index (Phi) is 16.2. The van der Waals surface area contributed by atoms with E-state index < -0.39 is 11.7 Å². The fourth-order valence-corrected chi connectivity index (χ4v) is 2.54. The SMILES string of the molecule is CCCCCC=CCCCCCCCCCCC=C(O)C(=O)O. The highest BCUT2D eigenvalue weighted by Gasteiger charge is 2.01. The van der Waals surface area contributed by atoms with Crippen LogP contribution in [-0.2, 0) is 4.79 Å². The molecule has 0 radical (unpaired) electrons. The van der Waals surface area contributed by atoms with E-state index in [1.54, 1.807) is 0 Å². The summed E-state index contributed by atoms with van der Waals surface area (Å²) in [5, 5.41) is 17.5. The monoisotopic (exact) mass is 324 g/mol. The van der Waals surface area contributed by atoms with Crippen LogP contribution in [0.2, 0.25) is 0 Å². The Morgan fingerprint density at radius 1 is 0.696 bits per heavy atom. The Morgan fingerprint density at radius 3 is 1.61 bits per heavy atom. The summed E-state index contributed by atoms with van der Waals surface area (Å²) in [7, 11) is 0. The number of hydrogen-bond donors (Lipinski definition) is 2. The number of aliphatic hydroxyl groups is 1. The molecule has 0 fully saturated rings. The summed E-state index contributed by atoms with van der Waals surface area (Å²) in [5.74, 6) is -1.76. The lowest BCUT2D eigenvalue weighted by Gasteiger charge is -2.01. The molecule has 0 aromatic rings. The highest BCUT2D eigenvalue weighted by Crippen LogP contribution is 2.11. The van der Waals surface area contributed by atoms with Gasteiger partial charge in [0.2, 0.25) is 0 Å². The molecule has 0 unspecified atom stereocenters. The van der Waals surface area contributed by atoms with Crippen LogP contribution in [0, 0.1) is 0 Å². The fourth-order valence-electron chi connectivity index (χ4n) is 2.54. The normalized spacial score (nSPS) is 12.1. The van der Waals surface area contributed by atoms with Crippen molar-refractivity contribution in [1.82, 2.24) is 0 Å². The summed E-state index contributed by atoms with van der Waals surface area (Å²) in [6.45, 7) is 2.24. The lowest BCUT2D eigenvalue weighted by molar-refractivity contribution is -0.135. The Labute approximate surface area is 142 Å². The second kappa shape index (κ2) is 17.1. The molecule has 0 amide bonds. The van der Waals surface area contributed by atoms with Gasteiger partial charge in [0.25, 0.3) is 0 Å². The van der Waals surface area contributed by atoms with Crippen molar-refractivity contribution in [3.8, 4) is 0 Å². The van der Waals surface area contributed by atoms with Crippen LogP contribution in [-0.4, -0.2) is 16.2 Å². The fraction of sp³-hybridized carbons (Fsp3) is 0.750. The standard InChI is InChI=1S/C20H36O3/c1-2-3-4-5-6-7-8-9-10-11-12-13-14-15-16-17-18-19(21)20(22)23/h6-7,18,21H,2-5,8-17H2,1H3,(H,22,23). The van der Waals surface area contributed by atoms with Gasteiger partial charge in [0.05, 0.1) is 0 Å². The van der Waals surface area contributed by atoms with Crippen LogP contribution < -0.4 is 0 Å². The number of carboxylic acids is 1. The number of aliphatic hydroxyl groups excluding tert-OH is 1. The van der Waals surface area contributed by atoms with Crippen molar-refractivity contribution in [3.63, 3.8) is 0 Å². The van der Waals surface area contributed by atoms with Crippen LogP contribution in [0.15, 0.2) is 24.0 Å². The number of carbonyl (C=O) groups is 1. The third-order valence-electron chi connectivity index (χ3n) is 4.02. The number of aliphatic carboxylic acids is 1. The third-order valence-corrected chi connectivity index (χ3v) is 4.02. The first-order valence-corrected chi connectivity index (χ1v) is 9.46. The lowest BCUT2D eigenvalue weighted by atomic mass is 10.1. The Hall–Kier alpha value is -1.25. The van der Waals surface area contributed by atoms with Crippen molar-refractivity contribution >= 4 is 5.97 Å². The van der Waals surface area contributed by atoms with Crippen molar-refractivity contribution in [1.29, 1.82) is 0 Å². The molecule has 0 aliphatic rings. The zero-order valence-corrected chi connectivity index (χ0v) is 14.9. The van der Waals surface area contributed by atoms with Crippen LogP contribution in [0.1, 0.15) is 96.8 Å². The Bertz CT molecular complexity index is 332. The molecule has 0 spiro atoms. The second-order valence-electron chi connectivity index (χ2n) is 6.27. The van der Waals surface area contributed by atoms with Gasteiger partial charge in [0, 0.05) is 0 Å².